The highest BCUT2D eigenvalue weighted by molar-refractivity contribution is 4.71. The van der Waals surface area contributed by atoms with Gasteiger partial charge in [0.2, 0.25) is 5.28 Å². The van der Waals surface area contributed by atoms with Gasteiger partial charge in [0.05, 0.1) is 18.1 Å². The second-order valence-electron chi connectivity index (χ2n) is 2.48. The molecule has 6 heteroatoms. The van der Waals surface area contributed by atoms with Crippen molar-refractivity contribution in [2.75, 3.05) is 13.2 Å². The molecule has 0 aliphatic carbocycles. The van der Waals surface area contributed by atoms with Gasteiger partial charge in [0, 0.05) is 0 Å². The minimum absolute atomic E-state index is 0.0751. The van der Waals surface area contributed by atoms with Crippen LogP contribution in [0.15, 0.2) is 5.28 Å². The molecule has 0 spiro atoms. The third kappa shape index (κ3) is 1.51. The van der Waals surface area contributed by atoms with Crippen LogP contribution in [0.5, 0.6) is 0 Å². The standard InChI is InChI=1S/C5H11N3O3/c9-4-5-2-1-3-7(5)8(11)6-10/h5,9-10H,1-4H2/b8-6-. The summed E-state index contributed by atoms with van der Waals surface area (Å²) in [6.07, 6.45) is 1.62. The van der Waals surface area contributed by atoms with Crippen molar-refractivity contribution in [3.8, 4) is 0 Å². The molecule has 1 unspecified atom stereocenters. The minimum atomic E-state index is -0.191. The lowest BCUT2D eigenvalue weighted by molar-refractivity contribution is -0.713. The zero-order valence-corrected chi connectivity index (χ0v) is 6.05. The molecule has 0 aromatic rings. The van der Waals surface area contributed by atoms with E-state index in [4.69, 9.17) is 10.3 Å². The third-order valence-electron chi connectivity index (χ3n) is 1.85. The van der Waals surface area contributed by atoms with Crippen LogP contribution in [0.25, 0.3) is 0 Å². The molecule has 1 fully saturated rings. The molecule has 1 saturated heterocycles. The zero-order chi connectivity index (χ0) is 8.27. The Bertz CT molecular complexity index is 161. The van der Waals surface area contributed by atoms with Crippen LogP contribution in [0.4, 0.5) is 0 Å². The second kappa shape index (κ2) is 3.38. The highest BCUT2D eigenvalue weighted by Gasteiger charge is 2.30. The normalized spacial score (nSPS) is 26.1. The van der Waals surface area contributed by atoms with Crippen LogP contribution in [-0.4, -0.2) is 39.5 Å². The van der Waals surface area contributed by atoms with Crippen LogP contribution >= 0.6 is 0 Å². The molecule has 0 amide bonds. The minimum Gasteiger partial charge on any atom is -0.569 e. The molecule has 0 saturated carbocycles. The maximum Gasteiger partial charge on any atom is 0.230 e. The molecule has 1 rings (SSSR count). The highest BCUT2D eigenvalue weighted by Crippen LogP contribution is 2.15. The fourth-order valence-electron chi connectivity index (χ4n) is 1.28. The van der Waals surface area contributed by atoms with Crippen molar-refractivity contribution in [1.29, 1.82) is 0 Å². The predicted molar refractivity (Wildman–Crippen MR) is 34.7 cm³/mol. The van der Waals surface area contributed by atoms with E-state index in [1.54, 1.807) is 0 Å². The summed E-state index contributed by atoms with van der Waals surface area (Å²) in [4.78, 5) is 0.119. The maximum absolute atomic E-state index is 10.7. The lowest BCUT2D eigenvalue weighted by Crippen LogP contribution is -2.37. The number of hydrogen-bond donors (Lipinski definition) is 2. The van der Waals surface area contributed by atoms with Crippen LogP contribution in [0.1, 0.15) is 12.8 Å². The van der Waals surface area contributed by atoms with Gasteiger partial charge in [0.15, 0.2) is 0 Å². The molecule has 0 bridgehead atoms. The number of aliphatic hydroxyl groups excluding tert-OH is 1. The molecule has 64 valence electrons. The second-order valence-corrected chi connectivity index (χ2v) is 2.48. The number of aliphatic hydroxyl groups is 1. The molecular weight excluding hydrogens is 150 g/mol. The van der Waals surface area contributed by atoms with Crippen molar-refractivity contribution in [3.05, 3.63) is 5.21 Å². The van der Waals surface area contributed by atoms with Crippen molar-refractivity contribution in [2.24, 2.45) is 5.28 Å². The largest absolute Gasteiger partial charge is 0.569 e. The van der Waals surface area contributed by atoms with E-state index in [0.29, 0.717) is 6.54 Å². The first-order valence-corrected chi connectivity index (χ1v) is 3.49. The first-order valence-electron chi connectivity index (χ1n) is 3.49. The first-order chi connectivity index (χ1) is 5.29. The summed E-state index contributed by atoms with van der Waals surface area (Å²) in [5, 5.41) is 31.3. The summed E-state index contributed by atoms with van der Waals surface area (Å²) in [7, 11) is 0. The van der Waals surface area contributed by atoms with Gasteiger partial charge in [0.1, 0.15) is 6.04 Å². The Labute approximate surface area is 63.9 Å². The van der Waals surface area contributed by atoms with Gasteiger partial charge >= 0.3 is 0 Å². The van der Waals surface area contributed by atoms with Crippen molar-refractivity contribution >= 4 is 0 Å². The van der Waals surface area contributed by atoms with Gasteiger partial charge in [-0.3, -0.25) is 0 Å². The molecule has 1 aliphatic rings. The molecular formula is C5H11N3O3. The van der Waals surface area contributed by atoms with Crippen LogP contribution in [0, 0.1) is 5.21 Å². The van der Waals surface area contributed by atoms with E-state index in [1.807, 2.05) is 0 Å². The quantitative estimate of drug-likeness (QED) is 0.331. The number of hydrogen-bond acceptors (Lipinski definition) is 3. The summed E-state index contributed by atoms with van der Waals surface area (Å²) in [5.74, 6) is 0. The molecule has 2 N–H and O–H groups in total. The van der Waals surface area contributed by atoms with Crippen LogP contribution in [0.2, 0.25) is 0 Å². The van der Waals surface area contributed by atoms with Crippen LogP contribution in [0.3, 0.4) is 0 Å². The Hall–Kier alpha value is -1.04. The Kier molecular flexibility index (Phi) is 2.48. The average Bonchev–Trinajstić information content (AvgIpc) is 2.50. The lowest BCUT2D eigenvalue weighted by Gasteiger charge is -2.16. The van der Waals surface area contributed by atoms with Crippen LogP contribution in [-0.2, 0) is 0 Å². The summed E-state index contributed by atoms with van der Waals surface area (Å²) < 4.78 is 0. The highest BCUT2D eigenvalue weighted by atomic mass is 16.6. The Morgan fingerprint density at radius 3 is 3.00 bits per heavy atom. The Morgan fingerprint density at radius 2 is 2.45 bits per heavy atom. The molecule has 1 atom stereocenters. The number of nitrogens with zero attached hydrogens (tertiary/aromatic N) is 3. The molecule has 6 nitrogen and oxygen atoms in total. The summed E-state index contributed by atoms with van der Waals surface area (Å²) in [6, 6.07) is -0.191. The van der Waals surface area contributed by atoms with Gasteiger partial charge in [-0.25, -0.2) is 0 Å². The van der Waals surface area contributed by atoms with Gasteiger partial charge in [-0.15, -0.1) is 5.01 Å². The van der Waals surface area contributed by atoms with Gasteiger partial charge in [-0.05, 0) is 12.8 Å². The van der Waals surface area contributed by atoms with Crippen molar-refractivity contribution in [1.82, 2.24) is 5.01 Å². The number of hydrazine groups is 1. The zero-order valence-electron chi connectivity index (χ0n) is 6.05. The van der Waals surface area contributed by atoms with Gasteiger partial charge in [-0.1, -0.05) is 0 Å². The topological polar surface area (TPSA) is 82.1 Å². The first kappa shape index (κ1) is 8.06. The van der Waals surface area contributed by atoms with Crippen molar-refractivity contribution in [3.63, 3.8) is 0 Å². The summed E-state index contributed by atoms with van der Waals surface area (Å²) >= 11 is 0. The molecule has 11 heavy (non-hydrogen) atoms. The Balaban J connectivity index is 2.56. The molecule has 1 heterocycles. The smallest absolute Gasteiger partial charge is 0.230 e. The molecule has 0 aromatic heterocycles. The number of rotatable bonds is 2. The Morgan fingerprint density at radius 1 is 1.73 bits per heavy atom. The van der Waals surface area contributed by atoms with E-state index in [9.17, 15) is 5.21 Å². The average molecular weight is 161 g/mol. The fraction of sp³-hybridized carbons (Fsp3) is 1.00. The molecule has 1 aliphatic heterocycles. The summed E-state index contributed by atoms with van der Waals surface area (Å²) in [5.41, 5.74) is 0. The van der Waals surface area contributed by atoms with Crippen LogP contribution < -0.4 is 0 Å². The molecule has 0 aromatic carbocycles. The van der Waals surface area contributed by atoms with E-state index >= 15 is 0 Å². The van der Waals surface area contributed by atoms with E-state index < -0.39 is 0 Å². The SMILES string of the molecule is [O-]/[N+](=N\O)N1CCCC1CO. The maximum atomic E-state index is 10.7. The third-order valence-corrected chi connectivity index (χ3v) is 1.85. The van der Waals surface area contributed by atoms with E-state index in [2.05, 4.69) is 5.28 Å². The van der Waals surface area contributed by atoms with Gasteiger partial charge in [0.25, 0.3) is 0 Å². The van der Waals surface area contributed by atoms with Crippen molar-refractivity contribution < 1.29 is 15.3 Å². The lowest BCUT2D eigenvalue weighted by atomic mass is 10.2. The predicted octanol–water partition coefficient (Wildman–Crippen LogP) is -0.290. The van der Waals surface area contributed by atoms with E-state index in [-0.39, 0.29) is 17.6 Å². The van der Waals surface area contributed by atoms with E-state index in [1.165, 1.54) is 5.01 Å². The summed E-state index contributed by atoms with van der Waals surface area (Å²) in [6.45, 7) is 0.465. The monoisotopic (exact) mass is 161 g/mol. The van der Waals surface area contributed by atoms with E-state index in [0.717, 1.165) is 12.8 Å². The van der Waals surface area contributed by atoms with Gasteiger partial charge in [-0.2, -0.15) is 0 Å². The van der Waals surface area contributed by atoms with Crippen molar-refractivity contribution in [2.45, 2.75) is 18.9 Å². The molecule has 0 radical (unpaired) electrons. The fourth-order valence-corrected chi connectivity index (χ4v) is 1.28. The van der Waals surface area contributed by atoms with Gasteiger partial charge < -0.3 is 15.5 Å².